The molecule has 1 aromatic heterocycles. The Kier molecular flexibility index (Phi) is 6.45. The first kappa shape index (κ1) is 22.2. The van der Waals surface area contributed by atoms with Gasteiger partial charge in [0.2, 0.25) is 0 Å². The van der Waals surface area contributed by atoms with Crippen LogP contribution in [0.2, 0.25) is 0 Å². The third kappa shape index (κ3) is 4.67. The molecule has 1 unspecified atom stereocenters. The maximum atomic E-state index is 13.8. The molecule has 0 radical (unpaired) electrons. The predicted molar refractivity (Wildman–Crippen MR) is 116 cm³/mol. The third-order valence-corrected chi connectivity index (χ3v) is 7.75. The summed E-state index contributed by atoms with van der Waals surface area (Å²) in [6, 6.07) is 7.25. The van der Waals surface area contributed by atoms with Gasteiger partial charge in [0.15, 0.2) is 0 Å². The van der Waals surface area contributed by atoms with E-state index in [1.165, 1.54) is 11.8 Å². The molecule has 150 valence electrons. The van der Waals surface area contributed by atoms with Crippen LogP contribution in [-0.4, -0.2) is 25.2 Å². The third-order valence-electron chi connectivity index (χ3n) is 4.12. The first-order chi connectivity index (χ1) is 12.9. The van der Waals surface area contributed by atoms with E-state index in [4.69, 9.17) is 4.52 Å². The second kappa shape index (κ2) is 8.13. The van der Waals surface area contributed by atoms with Crippen LogP contribution in [0.25, 0.3) is 0 Å². The molecular weight excluding hydrogens is 393 g/mol. The SMILES string of the molecule is COP(=O)(c1ccc(C)cc1C)N(C)c1cc(C#CC(C)(C)C)sc1C(=O)O. The van der Waals surface area contributed by atoms with Crippen LogP contribution in [0.5, 0.6) is 0 Å². The van der Waals surface area contributed by atoms with Crippen LogP contribution < -0.4 is 9.97 Å². The van der Waals surface area contributed by atoms with Crippen molar-refractivity contribution in [3.05, 3.63) is 45.1 Å². The topological polar surface area (TPSA) is 66.8 Å². The van der Waals surface area contributed by atoms with Crippen molar-refractivity contribution in [1.82, 2.24) is 0 Å². The molecule has 1 aromatic carbocycles. The summed E-state index contributed by atoms with van der Waals surface area (Å²) in [4.78, 5) is 12.5. The minimum Gasteiger partial charge on any atom is -0.477 e. The molecule has 0 fully saturated rings. The van der Waals surface area contributed by atoms with Gasteiger partial charge in [0.25, 0.3) is 0 Å². The van der Waals surface area contributed by atoms with Crippen molar-refractivity contribution >= 4 is 35.8 Å². The second-order valence-corrected chi connectivity index (χ2v) is 11.2. The van der Waals surface area contributed by atoms with E-state index in [-0.39, 0.29) is 10.3 Å². The molecule has 0 spiro atoms. The largest absolute Gasteiger partial charge is 0.477 e. The van der Waals surface area contributed by atoms with E-state index in [2.05, 4.69) is 11.8 Å². The number of nitrogens with zero attached hydrogens (tertiary/aromatic N) is 1. The van der Waals surface area contributed by atoms with Crippen LogP contribution in [0.4, 0.5) is 5.69 Å². The summed E-state index contributed by atoms with van der Waals surface area (Å²) in [5, 5.41) is 10.2. The van der Waals surface area contributed by atoms with Crippen molar-refractivity contribution in [1.29, 1.82) is 0 Å². The van der Waals surface area contributed by atoms with Gasteiger partial charge in [-0.1, -0.05) is 29.5 Å². The Bertz CT molecular complexity index is 1010. The van der Waals surface area contributed by atoms with Crippen molar-refractivity contribution in [2.24, 2.45) is 5.41 Å². The van der Waals surface area contributed by atoms with Gasteiger partial charge in [0.05, 0.1) is 15.9 Å². The lowest BCUT2D eigenvalue weighted by Crippen LogP contribution is -2.25. The smallest absolute Gasteiger partial charge is 0.348 e. The molecule has 0 bridgehead atoms. The van der Waals surface area contributed by atoms with Crippen LogP contribution in [0.1, 0.15) is 46.4 Å². The molecule has 2 rings (SSSR count). The summed E-state index contributed by atoms with van der Waals surface area (Å²) >= 11 is 1.07. The fraction of sp³-hybridized carbons (Fsp3) is 0.381. The molecule has 28 heavy (non-hydrogen) atoms. The van der Waals surface area contributed by atoms with Crippen molar-refractivity contribution in [2.75, 3.05) is 18.8 Å². The molecule has 2 aromatic rings. The number of hydrogen-bond donors (Lipinski definition) is 1. The van der Waals surface area contributed by atoms with E-state index in [1.54, 1.807) is 19.2 Å². The lowest BCUT2D eigenvalue weighted by Gasteiger charge is -2.29. The first-order valence-electron chi connectivity index (χ1n) is 8.77. The highest BCUT2D eigenvalue weighted by molar-refractivity contribution is 7.68. The van der Waals surface area contributed by atoms with E-state index < -0.39 is 13.5 Å². The summed E-state index contributed by atoms with van der Waals surface area (Å²) in [5.74, 6) is 5.05. The Morgan fingerprint density at radius 2 is 1.89 bits per heavy atom. The number of carboxylic acid groups (broad SMARTS) is 1. The van der Waals surface area contributed by atoms with Crippen LogP contribution in [0, 0.1) is 31.1 Å². The lowest BCUT2D eigenvalue weighted by molar-refractivity contribution is 0.0703. The van der Waals surface area contributed by atoms with Crippen LogP contribution in [0.3, 0.4) is 0 Å². The molecule has 5 nitrogen and oxygen atoms in total. The van der Waals surface area contributed by atoms with Crippen molar-refractivity contribution in [2.45, 2.75) is 34.6 Å². The van der Waals surface area contributed by atoms with Crippen molar-refractivity contribution in [3.8, 4) is 11.8 Å². The Morgan fingerprint density at radius 3 is 2.39 bits per heavy atom. The molecule has 7 heteroatoms. The Balaban J connectivity index is 2.60. The van der Waals surface area contributed by atoms with E-state index in [0.717, 1.165) is 22.5 Å². The number of carbonyl (C=O) groups is 1. The maximum Gasteiger partial charge on any atom is 0.348 e. The second-order valence-electron chi connectivity index (χ2n) is 7.65. The van der Waals surface area contributed by atoms with Gasteiger partial charge in [0, 0.05) is 19.6 Å². The molecule has 0 saturated carbocycles. The zero-order chi connectivity index (χ0) is 21.3. The van der Waals surface area contributed by atoms with E-state index in [0.29, 0.717) is 15.9 Å². The number of rotatable bonds is 5. The number of thiophene rings is 1. The average molecular weight is 419 g/mol. The highest BCUT2D eigenvalue weighted by Crippen LogP contribution is 2.52. The average Bonchev–Trinajstić information content (AvgIpc) is 3.02. The van der Waals surface area contributed by atoms with Gasteiger partial charge in [-0.3, -0.25) is 9.24 Å². The minimum atomic E-state index is -3.50. The monoisotopic (exact) mass is 419 g/mol. The number of benzene rings is 1. The van der Waals surface area contributed by atoms with Gasteiger partial charge < -0.3 is 9.63 Å². The summed E-state index contributed by atoms with van der Waals surface area (Å²) in [7, 11) is -0.524. The predicted octanol–water partition coefficient (Wildman–Crippen LogP) is 5.06. The molecular formula is C21H26NO4PS. The van der Waals surface area contributed by atoms with Crippen LogP contribution in [-0.2, 0) is 9.09 Å². The van der Waals surface area contributed by atoms with Gasteiger partial charge in [-0.05, 0) is 52.3 Å². The van der Waals surface area contributed by atoms with Crippen molar-refractivity contribution < 1.29 is 19.0 Å². The summed E-state index contributed by atoms with van der Waals surface area (Å²) < 4.78 is 20.7. The first-order valence-corrected chi connectivity index (χ1v) is 11.2. The van der Waals surface area contributed by atoms with E-state index in [1.807, 2.05) is 46.8 Å². The van der Waals surface area contributed by atoms with Gasteiger partial charge in [-0.2, -0.15) is 0 Å². The molecule has 0 aliphatic rings. The van der Waals surface area contributed by atoms with Gasteiger partial charge in [-0.25, -0.2) is 4.79 Å². The number of aryl methyl sites for hydroxylation is 2. The zero-order valence-corrected chi connectivity index (χ0v) is 19.0. The number of aromatic carboxylic acids is 1. The van der Waals surface area contributed by atoms with Crippen LogP contribution in [0.15, 0.2) is 24.3 Å². The normalized spacial score (nSPS) is 13.4. The van der Waals surface area contributed by atoms with Crippen molar-refractivity contribution in [3.63, 3.8) is 0 Å². The van der Waals surface area contributed by atoms with Gasteiger partial charge in [-0.15, -0.1) is 11.3 Å². The Morgan fingerprint density at radius 1 is 1.25 bits per heavy atom. The molecule has 1 atom stereocenters. The van der Waals surface area contributed by atoms with Gasteiger partial charge in [0.1, 0.15) is 4.88 Å². The van der Waals surface area contributed by atoms with E-state index >= 15 is 0 Å². The standard InChI is InChI=1S/C21H26NO4PS/c1-14-8-9-18(15(2)12-14)27(25,26-7)22(6)17-13-16(10-11-21(3,4)5)28-19(17)20(23)24/h8-9,12-13H,1-7H3,(H,23,24). The number of anilines is 1. The molecule has 0 saturated heterocycles. The molecule has 1 heterocycles. The minimum absolute atomic E-state index is 0.0859. The summed E-state index contributed by atoms with van der Waals surface area (Å²) in [5.41, 5.74) is 2.01. The quantitative estimate of drug-likeness (QED) is 0.542. The summed E-state index contributed by atoms with van der Waals surface area (Å²) in [6.45, 7) is 9.78. The molecule has 0 aliphatic carbocycles. The molecule has 0 amide bonds. The lowest BCUT2D eigenvalue weighted by atomic mass is 9.98. The number of hydrogen-bond acceptors (Lipinski definition) is 4. The maximum absolute atomic E-state index is 13.8. The highest BCUT2D eigenvalue weighted by Gasteiger charge is 2.35. The fourth-order valence-corrected chi connectivity index (χ4v) is 5.66. The fourth-order valence-electron chi connectivity index (χ4n) is 2.73. The highest BCUT2D eigenvalue weighted by atomic mass is 32.1. The number of carboxylic acids is 1. The molecule has 0 aliphatic heterocycles. The Hall–Kier alpha value is -2.06. The van der Waals surface area contributed by atoms with Gasteiger partial charge >= 0.3 is 13.5 Å². The summed E-state index contributed by atoms with van der Waals surface area (Å²) in [6.07, 6.45) is 0. The Labute approximate surface area is 170 Å². The van der Waals surface area contributed by atoms with Crippen LogP contribution >= 0.6 is 18.9 Å². The van der Waals surface area contributed by atoms with E-state index in [9.17, 15) is 14.5 Å². The molecule has 1 N–H and O–H groups in total. The zero-order valence-electron chi connectivity index (χ0n) is 17.3.